The number of piperidine rings is 1. The van der Waals surface area contributed by atoms with Crippen LogP contribution in [-0.4, -0.2) is 98.9 Å². The fraction of sp³-hybridized carbons (Fsp3) is 0.553. The summed E-state index contributed by atoms with van der Waals surface area (Å²) < 4.78 is 36.4. The Kier molecular flexibility index (Phi) is 8.36. The zero-order chi connectivity index (χ0) is 35.8. The number of carbonyl (C=O) groups excluding carboxylic acids is 3. The van der Waals surface area contributed by atoms with Crippen molar-refractivity contribution in [2.24, 2.45) is 11.3 Å². The van der Waals surface area contributed by atoms with Gasteiger partial charge in [-0.25, -0.2) is 9.52 Å². The first-order valence-electron chi connectivity index (χ1n) is 18.3. The van der Waals surface area contributed by atoms with E-state index in [0.717, 1.165) is 76.3 Å². The topological polar surface area (TPSA) is 133 Å². The summed E-state index contributed by atoms with van der Waals surface area (Å²) in [5.41, 5.74) is 4.91. The summed E-state index contributed by atoms with van der Waals surface area (Å²) in [6, 6.07) is 11.6. The first-order valence-corrected chi connectivity index (χ1v) is 19.8. The fourth-order valence-corrected chi connectivity index (χ4v) is 10.3. The highest BCUT2D eigenvalue weighted by Gasteiger charge is 2.64. The smallest absolute Gasteiger partial charge is 0.317 e. The highest BCUT2D eigenvalue weighted by atomic mass is 32.2. The summed E-state index contributed by atoms with van der Waals surface area (Å²) in [7, 11) is 2.08. The molecule has 8 rings (SSSR count). The van der Waals surface area contributed by atoms with Crippen molar-refractivity contribution < 1.29 is 27.5 Å². The first kappa shape index (κ1) is 34.0. The Morgan fingerprint density at radius 1 is 0.980 bits per heavy atom. The number of methoxy groups -OCH3 is 1. The molecule has 5 aliphatic rings. The summed E-state index contributed by atoms with van der Waals surface area (Å²) in [6.07, 6.45) is 8.22. The van der Waals surface area contributed by atoms with Crippen molar-refractivity contribution in [2.45, 2.75) is 75.8 Å². The second-order valence-corrected chi connectivity index (χ2v) is 17.3. The second-order valence-electron chi connectivity index (χ2n) is 15.4. The molecule has 0 radical (unpaired) electrons. The van der Waals surface area contributed by atoms with E-state index in [2.05, 4.69) is 26.7 Å². The van der Waals surface area contributed by atoms with E-state index >= 15 is 4.79 Å². The minimum atomic E-state index is -4.00. The van der Waals surface area contributed by atoms with Crippen LogP contribution >= 0.6 is 0 Å². The Bertz CT molecular complexity index is 2040. The van der Waals surface area contributed by atoms with Gasteiger partial charge in [-0.1, -0.05) is 25.3 Å². The Hall–Kier alpha value is -4.10. The summed E-state index contributed by atoms with van der Waals surface area (Å²) in [4.78, 5) is 45.2. The van der Waals surface area contributed by atoms with Crippen LogP contribution in [0, 0.1) is 11.3 Å². The molecule has 1 aromatic heterocycles. The molecule has 2 aromatic carbocycles. The lowest BCUT2D eigenvalue weighted by atomic mass is 9.81. The molecule has 272 valence electrons. The van der Waals surface area contributed by atoms with E-state index in [1.54, 1.807) is 26.3 Å². The van der Waals surface area contributed by atoms with Crippen LogP contribution in [0.5, 0.6) is 5.75 Å². The van der Waals surface area contributed by atoms with Crippen molar-refractivity contribution in [1.29, 1.82) is 0 Å². The Morgan fingerprint density at radius 3 is 2.49 bits per heavy atom. The Labute approximate surface area is 299 Å². The molecule has 4 atom stereocenters. The van der Waals surface area contributed by atoms with Gasteiger partial charge in [-0.3, -0.25) is 9.59 Å². The van der Waals surface area contributed by atoms with Crippen molar-refractivity contribution in [3.05, 3.63) is 53.1 Å². The first-order chi connectivity index (χ1) is 24.5. The van der Waals surface area contributed by atoms with Crippen LogP contribution in [-0.2, 0) is 21.5 Å². The van der Waals surface area contributed by atoms with E-state index < -0.39 is 21.5 Å². The normalized spacial score (nSPS) is 25.8. The van der Waals surface area contributed by atoms with Gasteiger partial charge in [0.15, 0.2) is 0 Å². The molecule has 4 unspecified atom stereocenters. The number of amides is 4. The van der Waals surface area contributed by atoms with Gasteiger partial charge in [0, 0.05) is 75.3 Å². The number of fused-ring (bicyclic) bond motifs is 8. The predicted molar refractivity (Wildman–Crippen MR) is 194 cm³/mol. The molecule has 13 heteroatoms. The average molecular weight is 717 g/mol. The molecule has 2 saturated carbocycles. The molecular weight excluding hydrogens is 669 g/mol. The largest absolute Gasteiger partial charge is 0.497 e. The van der Waals surface area contributed by atoms with Crippen molar-refractivity contribution in [3.63, 3.8) is 0 Å². The minimum absolute atomic E-state index is 0.00482. The number of rotatable bonds is 6. The van der Waals surface area contributed by atoms with Gasteiger partial charge in [0.2, 0.25) is 5.91 Å². The monoisotopic (exact) mass is 716 g/mol. The highest BCUT2D eigenvalue weighted by Crippen LogP contribution is 2.66. The lowest BCUT2D eigenvalue weighted by molar-refractivity contribution is -0.137. The standard InChI is InChI=1S/C38H48N6O6S/c1-39-37(47)43-16-8-11-25-20-42(21-32(25)43)36(46)38-19-30(38)29-18-26(50-4)13-15-27(29)34-33(23-9-6-5-7-10-23)28-14-12-24(17-31(28)44(34)22-38)35(45)40-51(48,49)41(2)3/h12-15,17-18,23,25,30,32H,5-11,16,19-22H2,1-4H3,(H,39,47)(H,40,45). The third kappa shape index (κ3) is 5.49. The summed E-state index contributed by atoms with van der Waals surface area (Å²) >= 11 is 0. The molecule has 4 heterocycles. The van der Waals surface area contributed by atoms with Crippen molar-refractivity contribution >= 4 is 39.0 Å². The minimum Gasteiger partial charge on any atom is -0.497 e. The number of hydrogen-bond donors (Lipinski definition) is 2. The quantitative estimate of drug-likeness (QED) is 0.382. The SMILES string of the molecule is CNC(=O)N1CCCC2CN(C(=O)C34CC3c3cc(OC)ccc3-c3c(C5CCCCC5)c5ccc(C(=O)NS(=O)(=O)N(C)C)cc5n3C4)CC21. The number of ether oxygens (including phenoxy) is 1. The van der Waals surface area contributed by atoms with Crippen LogP contribution < -0.4 is 14.8 Å². The molecule has 4 amide bonds. The van der Waals surface area contributed by atoms with Crippen LogP contribution in [0.15, 0.2) is 36.4 Å². The number of aromatic nitrogens is 1. The van der Waals surface area contributed by atoms with E-state index in [1.165, 1.54) is 26.1 Å². The Morgan fingerprint density at radius 2 is 1.76 bits per heavy atom. The zero-order valence-corrected chi connectivity index (χ0v) is 30.7. The highest BCUT2D eigenvalue weighted by molar-refractivity contribution is 7.87. The van der Waals surface area contributed by atoms with Gasteiger partial charge >= 0.3 is 16.2 Å². The summed E-state index contributed by atoms with van der Waals surface area (Å²) in [6.45, 7) is 2.29. The van der Waals surface area contributed by atoms with Gasteiger partial charge < -0.3 is 24.4 Å². The van der Waals surface area contributed by atoms with Crippen LogP contribution in [0.3, 0.4) is 0 Å². The molecule has 0 spiro atoms. The second kappa shape index (κ2) is 12.5. The van der Waals surface area contributed by atoms with Gasteiger partial charge in [0.1, 0.15) is 5.75 Å². The zero-order valence-electron chi connectivity index (χ0n) is 29.9. The Balaban J connectivity index is 1.27. The molecule has 3 aliphatic heterocycles. The van der Waals surface area contributed by atoms with E-state index in [-0.39, 0.29) is 35.4 Å². The van der Waals surface area contributed by atoms with Gasteiger partial charge in [-0.2, -0.15) is 12.7 Å². The maximum absolute atomic E-state index is 15.0. The number of carbonyl (C=O) groups is 3. The predicted octanol–water partition coefficient (Wildman–Crippen LogP) is 4.65. The van der Waals surface area contributed by atoms with Gasteiger partial charge in [-0.05, 0) is 85.4 Å². The van der Waals surface area contributed by atoms with Crippen LogP contribution in [0.4, 0.5) is 4.79 Å². The maximum Gasteiger partial charge on any atom is 0.317 e. The number of nitrogens with zero attached hydrogens (tertiary/aromatic N) is 4. The number of benzene rings is 2. The number of hydrogen-bond acceptors (Lipinski definition) is 6. The van der Waals surface area contributed by atoms with E-state index in [0.29, 0.717) is 38.5 Å². The lowest BCUT2D eigenvalue weighted by Gasteiger charge is -2.36. The third-order valence-corrected chi connectivity index (χ3v) is 13.9. The molecule has 3 aromatic rings. The van der Waals surface area contributed by atoms with Crippen molar-refractivity contribution in [3.8, 4) is 17.0 Å². The number of likely N-dealkylation sites (tertiary alicyclic amines) is 2. The van der Waals surface area contributed by atoms with Gasteiger partial charge in [-0.15, -0.1) is 0 Å². The summed E-state index contributed by atoms with van der Waals surface area (Å²) in [5, 5.41) is 3.83. The van der Waals surface area contributed by atoms with Gasteiger partial charge in [0.05, 0.1) is 24.3 Å². The van der Waals surface area contributed by atoms with E-state index in [1.807, 2.05) is 21.9 Å². The molecule has 51 heavy (non-hydrogen) atoms. The van der Waals surface area contributed by atoms with Crippen LogP contribution in [0.2, 0.25) is 0 Å². The number of urea groups is 1. The molecule has 2 saturated heterocycles. The van der Waals surface area contributed by atoms with E-state index in [9.17, 15) is 18.0 Å². The van der Waals surface area contributed by atoms with E-state index in [4.69, 9.17) is 4.74 Å². The molecule has 2 N–H and O–H groups in total. The van der Waals surface area contributed by atoms with Crippen LogP contribution in [0.1, 0.15) is 84.7 Å². The molecular formula is C38H48N6O6S. The van der Waals surface area contributed by atoms with Crippen molar-refractivity contribution in [1.82, 2.24) is 28.7 Å². The molecule has 4 fully saturated rings. The summed E-state index contributed by atoms with van der Waals surface area (Å²) in [5.74, 6) is 0.715. The maximum atomic E-state index is 15.0. The lowest BCUT2D eigenvalue weighted by Crippen LogP contribution is -2.51. The fourth-order valence-electron chi connectivity index (χ4n) is 9.75. The van der Waals surface area contributed by atoms with Crippen LogP contribution in [0.25, 0.3) is 22.2 Å². The molecule has 12 nitrogen and oxygen atoms in total. The van der Waals surface area contributed by atoms with Crippen molar-refractivity contribution in [2.75, 3.05) is 47.9 Å². The molecule has 0 bridgehead atoms. The molecule has 2 aliphatic carbocycles. The average Bonchev–Trinajstić information content (AvgIpc) is 3.59. The van der Waals surface area contributed by atoms with Gasteiger partial charge in [0.25, 0.3) is 5.91 Å². The number of nitrogens with one attached hydrogen (secondary N) is 2. The third-order valence-electron chi connectivity index (χ3n) is 12.5.